The first-order valence-electron chi connectivity index (χ1n) is 7.03. The molecule has 0 spiro atoms. The standard InChI is InChI=1S/C16H17N3O/c1-10-13(6-7-20-10)16-18-14-8-11(9-17)2-5-15(14)19(16)12-3-4-12/h2,5-8,12H,3-4,9,17H2,1H3. The van der Waals surface area contributed by atoms with Crippen LogP contribution in [-0.4, -0.2) is 9.55 Å². The van der Waals surface area contributed by atoms with E-state index in [1.807, 2.05) is 13.0 Å². The second kappa shape index (κ2) is 4.21. The minimum absolute atomic E-state index is 0.548. The number of hydrogen-bond donors (Lipinski definition) is 1. The van der Waals surface area contributed by atoms with Crippen molar-refractivity contribution in [1.82, 2.24) is 9.55 Å². The molecule has 0 aliphatic heterocycles. The van der Waals surface area contributed by atoms with Gasteiger partial charge >= 0.3 is 0 Å². The van der Waals surface area contributed by atoms with E-state index in [4.69, 9.17) is 15.1 Å². The minimum Gasteiger partial charge on any atom is -0.469 e. The molecule has 4 nitrogen and oxygen atoms in total. The lowest BCUT2D eigenvalue weighted by Crippen LogP contribution is -1.98. The number of rotatable bonds is 3. The van der Waals surface area contributed by atoms with Gasteiger partial charge in [-0.1, -0.05) is 6.07 Å². The summed E-state index contributed by atoms with van der Waals surface area (Å²) in [6, 6.07) is 8.90. The molecule has 20 heavy (non-hydrogen) atoms. The van der Waals surface area contributed by atoms with E-state index in [1.54, 1.807) is 6.26 Å². The molecule has 0 bridgehead atoms. The first kappa shape index (κ1) is 11.7. The lowest BCUT2D eigenvalue weighted by Gasteiger charge is -2.06. The van der Waals surface area contributed by atoms with Crippen LogP contribution in [0.25, 0.3) is 22.4 Å². The SMILES string of the molecule is Cc1occc1-c1nc2cc(CN)ccc2n1C1CC1. The Morgan fingerprint density at radius 2 is 2.20 bits per heavy atom. The average Bonchev–Trinajstić information content (AvgIpc) is 3.10. The van der Waals surface area contributed by atoms with Crippen LogP contribution in [0.2, 0.25) is 0 Å². The van der Waals surface area contributed by atoms with Crippen molar-refractivity contribution in [1.29, 1.82) is 0 Å². The smallest absolute Gasteiger partial charge is 0.144 e. The molecule has 1 aromatic carbocycles. The van der Waals surface area contributed by atoms with Crippen molar-refractivity contribution in [3.8, 4) is 11.4 Å². The van der Waals surface area contributed by atoms with E-state index in [9.17, 15) is 0 Å². The Labute approximate surface area is 117 Å². The van der Waals surface area contributed by atoms with Gasteiger partial charge in [-0.3, -0.25) is 0 Å². The Kier molecular flexibility index (Phi) is 2.47. The molecule has 1 aliphatic carbocycles. The van der Waals surface area contributed by atoms with Crippen LogP contribution in [0.5, 0.6) is 0 Å². The summed E-state index contributed by atoms with van der Waals surface area (Å²) >= 11 is 0. The maximum absolute atomic E-state index is 5.73. The molecule has 4 heteroatoms. The number of aromatic nitrogens is 2. The number of imidazole rings is 1. The molecule has 0 unspecified atom stereocenters. The van der Waals surface area contributed by atoms with Gasteiger partial charge in [-0.25, -0.2) is 4.98 Å². The van der Waals surface area contributed by atoms with E-state index in [0.29, 0.717) is 12.6 Å². The van der Waals surface area contributed by atoms with Crippen LogP contribution >= 0.6 is 0 Å². The fourth-order valence-electron chi connectivity index (χ4n) is 2.78. The number of nitrogens with zero attached hydrogens (tertiary/aromatic N) is 2. The summed E-state index contributed by atoms with van der Waals surface area (Å²) in [7, 11) is 0. The molecule has 2 aromatic heterocycles. The van der Waals surface area contributed by atoms with E-state index >= 15 is 0 Å². The van der Waals surface area contributed by atoms with Crippen LogP contribution in [0.1, 0.15) is 30.2 Å². The summed E-state index contributed by atoms with van der Waals surface area (Å²) in [4.78, 5) is 4.83. The van der Waals surface area contributed by atoms with Gasteiger partial charge < -0.3 is 14.7 Å². The highest BCUT2D eigenvalue weighted by atomic mass is 16.3. The molecule has 0 radical (unpaired) electrons. The molecular weight excluding hydrogens is 250 g/mol. The molecule has 1 fully saturated rings. The highest BCUT2D eigenvalue weighted by Gasteiger charge is 2.29. The Bertz CT molecular complexity index is 780. The fraction of sp³-hybridized carbons (Fsp3) is 0.312. The fourth-order valence-corrected chi connectivity index (χ4v) is 2.78. The highest BCUT2D eigenvalue weighted by Crippen LogP contribution is 2.42. The summed E-state index contributed by atoms with van der Waals surface area (Å²) in [6.07, 6.45) is 4.19. The van der Waals surface area contributed by atoms with Crippen molar-refractivity contribution in [3.63, 3.8) is 0 Å². The number of aryl methyl sites for hydroxylation is 1. The summed E-state index contributed by atoms with van der Waals surface area (Å²) in [5, 5.41) is 0. The van der Waals surface area contributed by atoms with Gasteiger partial charge in [0.25, 0.3) is 0 Å². The third-order valence-corrected chi connectivity index (χ3v) is 4.00. The van der Waals surface area contributed by atoms with Crippen LogP contribution in [0, 0.1) is 6.92 Å². The molecule has 2 N–H and O–H groups in total. The maximum atomic E-state index is 5.73. The van der Waals surface area contributed by atoms with Crippen LogP contribution in [0.3, 0.4) is 0 Å². The van der Waals surface area contributed by atoms with Gasteiger partial charge in [0, 0.05) is 12.6 Å². The monoisotopic (exact) mass is 267 g/mol. The lowest BCUT2D eigenvalue weighted by atomic mass is 10.2. The summed E-state index contributed by atoms with van der Waals surface area (Å²) < 4.78 is 7.80. The Morgan fingerprint density at radius 3 is 2.85 bits per heavy atom. The van der Waals surface area contributed by atoms with Crippen LogP contribution in [0.15, 0.2) is 34.9 Å². The molecule has 102 valence electrons. The molecule has 0 atom stereocenters. The third kappa shape index (κ3) is 1.68. The normalized spacial score (nSPS) is 15.1. The van der Waals surface area contributed by atoms with Gasteiger partial charge in [-0.15, -0.1) is 0 Å². The lowest BCUT2D eigenvalue weighted by molar-refractivity contribution is 0.534. The van der Waals surface area contributed by atoms with E-state index in [-0.39, 0.29) is 0 Å². The molecule has 1 saturated carbocycles. The van der Waals surface area contributed by atoms with E-state index in [2.05, 4.69) is 22.8 Å². The minimum atomic E-state index is 0.548. The number of furan rings is 1. The van der Waals surface area contributed by atoms with Gasteiger partial charge in [0.1, 0.15) is 11.6 Å². The van der Waals surface area contributed by atoms with E-state index < -0.39 is 0 Å². The summed E-state index contributed by atoms with van der Waals surface area (Å²) in [6.45, 7) is 2.53. The zero-order chi connectivity index (χ0) is 13.7. The average molecular weight is 267 g/mol. The number of fused-ring (bicyclic) bond motifs is 1. The molecule has 4 rings (SSSR count). The first-order valence-corrected chi connectivity index (χ1v) is 7.03. The van der Waals surface area contributed by atoms with Crippen molar-refractivity contribution >= 4 is 11.0 Å². The predicted molar refractivity (Wildman–Crippen MR) is 78.3 cm³/mol. The highest BCUT2D eigenvalue weighted by molar-refractivity contribution is 5.82. The van der Waals surface area contributed by atoms with Crippen LogP contribution in [0.4, 0.5) is 0 Å². The van der Waals surface area contributed by atoms with Crippen molar-refractivity contribution in [2.75, 3.05) is 0 Å². The van der Waals surface area contributed by atoms with Crippen molar-refractivity contribution in [3.05, 3.63) is 41.9 Å². The Balaban J connectivity index is 1.99. The van der Waals surface area contributed by atoms with Crippen molar-refractivity contribution < 1.29 is 4.42 Å². The van der Waals surface area contributed by atoms with Crippen LogP contribution < -0.4 is 5.73 Å². The maximum Gasteiger partial charge on any atom is 0.144 e. The van der Waals surface area contributed by atoms with Gasteiger partial charge in [0.15, 0.2) is 0 Å². The third-order valence-electron chi connectivity index (χ3n) is 4.00. The Morgan fingerprint density at radius 1 is 1.35 bits per heavy atom. The van der Waals surface area contributed by atoms with Crippen LogP contribution in [-0.2, 0) is 6.54 Å². The largest absolute Gasteiger partial charge is 0.469 e. The molecule has 0 saturated heterocycles. The zero-order valence-electron chi connectivity index (χ0n) is 11.5. The molecule has 3 aromatic rings. The van der Waals surface area contributed by atoms with Gasteiger partial charge in [-0.2, -0.15) is 0 Å². The predicted octanol–water partition coefficient (Wildman–Crippen LogP) is 3.40. The number of nitrogens with two attached hydrogens (primary N) is 1. The number of hydrogen-bond acceptors (Lipinski definition) is 3. The quantitative estimate of drug-likeness (QED) is 0.791. The van der Waals surface area contributed by atoms with Gasteiger partial charge in [0.05, 0.1) is 22.9 Å². The second-order valence-corrected chi connectivity index (χ2v) is 5.45. The summed E-state index contributed by atoms with van der Waals surface area (Å²) in [5.74, 6) is 1.93. The molecular formula is C16H17N3O. The Hall–Kier alpha value is -2.07. The molecule has 0 amide bonds. The van der Waals surface area contributed by atoms with Crippen molar-refractivity contribution in [2.24, 2.45) is 5.73 Å². The number of benzene rings is 1. The topological polar surface area (TPSA) is 57.0 Å². The first-order chi connectivity index (χ1) is 9.78. The zero-order valence-corrected chi connectivity index (χ0v) is 11.5. The second-order valence-electron chi connectivity index (χ2n) is 5.45. The van der Waals surface area contributed by atoms with Gasteiger partial charge in [0.2, 0.25) is 0 Å². The van der Waals surface area contributed by atoms with Crippen molar-refractivity contribution in [2.45, 2.75) is 32.4 Å². The molecule has 1 aliphatic rings. The van der Waals surface area contributed by atoms with E-state index in [1.165, 1.54) is 18.4 Å². The summed E-state index contributed by atoms with van der Waals surface area (Å²) in [5.41, 5.74) is 10.1. The van der Waals surface area contributed by atoms with E-state index in [0.717, 1.165) is 28.2 Å². The molecule has 2 heterocycles. The van der Waals surface area contributed by atoms with Gasteiger partial charge in [-0.05, 0) is 43.5 Å².